The number of rotatable bonds is 3. The monoisotopic (exact) mass is 318 g/mol. The third-order valence-corrected chi connectivity index (χ3v) is 4.45. The van der Waals surface area contributed by atoms with Crippen molar-refractivity contribution < 1.29 is 4.79 Å². The van der Waals surface area contributed by atoms with E-state index in [1.54, 1.807) is 29.4 Å². The van der Waals surface area contributed by atoms with Gasteiger partial charge >= 0.3 is 0 Å². The number of carbonyl (C=O) groups excluding carboxylic acids is 1. The van der Waals surface area contributed by atoms with Gasteiger partial charge in [0.05, 0.1) is 11.6 Å². The zero-order valence-corrected chi connectivity index (χ0v) is 13.2. The molecule has 24 heavy (non-hydrogen) atoms. The molecule has 1 amide bonds. The van der Waals surface area contributed by atoms with E-state index in [1.165, 1.54) is 11.1 Å². The number of aryl methyl sites for hydroxylation is 1. The topological polar surface area (TPSA) is 59.8 Å². The molecule has 2 heterocycles. The summed E-state index contributed by atoms with van der Waals surface area (Å²) in [4.78, 5) is 20.9. The minimum absolute atomic E-state index is 0.0794. The fourth-order valence-corrected chi connectivity index (χ4v) is 3.21. The number of nitrogens with zero attached hydrogens (tertiary/aromatic N) is 3. The van der Waals surface area contributed by atoms with Crippen LogP contribution in [0.4, 0.5) is 0 Å². The van der Waals surface area contributed by atoms with E-state index in [-0.39, 0.29) is 11.9 Å². The van der Waals surface area contributed by atoms with Crippen LogP contribution < -0.4 is 5.32 Å². The maximum absolute atomic E-state index is 12.6. The fourth-order valence-electron chi connectivity index (χ4n) is 3.21. The molecule has 0 aliphatic heterocycles. The van der Waals surface area contributed by atoms with Gasteiger partial charge in [-0.1, -0.05) is 24.3 Å². The highest BCUT2D eigenvalue weighted by Gasteiger charge is 2.21. The van der Waals surface area contributed by atoms with Crippen molar-refractivity contribution in [1.29, 1.82) is 0 Å². The Labute approximate surface area is 140 Å². The van der Waals surface area contributed by atoms with Crippen LogP contribution in [-0.2, 0) is 6.42 Å². The largest absolute Gasteiger partial charge is 0.345 e. The van der Waals surface area contributed by atoms with E-state index in [1.807, 2.05) is 18.3 Å². The number of hydrogen-bond acceptors (Lipinski definition) is 3. The Bertz CT molecular complexity index is 840. The van der Waals surface area contributed by atoms with Crippen LogP contribution in [-0.4, -0.2) is 20.4 Å². The number of imidazole rings is 1. The van der Waals surface area contributed by atoms with Crippen LogP contribution in [0, 0.1) is 0 Å². The van der Waals surface area contributed by atoms with Gasteiger partial charge < -0.3 is 5.32 Å². The van der Waals surface area contributed by atoms with Gasteiger partial charge in [-0.05, 0) is 42.5 Å². The van der Waals surface area contributed by atoms with Crippen LogP contribution in [0.25, 0.3) is 5.82 Å². The highest BCUT2D eigenvalue weighted by Crippen LogP contribution is 2.29. The van der Waals surface area contributed by atoms with Crippen LogP contribution in [0.1, 0.15) is 40.4 Å². The highest BCUT2D eigenvalue weighted by atomic mass is 16.1. The molecule has 2 aromatic heterocycles. The molecule has 120 valence electrons. The van der Waals surface area contributed by atoms with E-state index in [4.69, 9.17) is 0 Å². The molecule has 0 fully saturated rings. The van der Waals surface area contributed by atoms with Crippen molar-refractivity contribution in [3.63, 3.8) is 0 Å². The zero-order valence-electron chi connectivity index (χ0n) is 13.2. The predicted octanol–water partition coefficient (Wildman–Crippen LogP) is 3.07. The smallest absolute Gasteiger partial charge is 0.253 e. The predicted molar refractivity (Wildman–Crippen MR) is 90.9 cm³/mol. The van der Waals surface area contributed by atoms with Crippen molar-refractivity contribution in [2.24, 2.45) is 0 Å². The molecule has 4 rings (SSSR count). The van der Waals surface area contributed by atoms with Gasteiger partial charge in [-0.15, -0.1) is 0 Å². The molecular formula is C19H18N4O. The number of amides is 1. The first-order chi connectivity index (χ1) is 11.8. The van der Waals surface area contributed by atoms with Crippen LogP contribution in [0.2, 0.25) is 0 Å². The van der Waals surface area contributed by atoms with Crippen LogP contribution in [0.5, 0.6) is 0 Å². The lowest BCUT2D eigenvalue weighted by Crippen LogP contribution is -2.31. The van der Waals surface area contributed by atoms with Gasteiger partial charge in [-0.3, -0.25) is 9.36 Å². The first kappa shape index (κ1) is 14.6. The normalized spacial score (nSPS) is 16.4. The van der Waals surface area contributed by atoms with Gasteiger partial charge in [-0.25, -0.2) is 9.97 Å². The Hall–Kier alpha value is -2.95. The molecule has 0 bridgehead atoms. The Balaban J connectivity index is 1.51. The van der Waals surface area contributed by atoms with Gasteiger partial charge in [0, 0.05) is 18.6 Å². The maximum atomic E-state index is 12.6. The number of pyridine rings is 1. The molecule has 1 aromatic carbocycles. The van der Waals surface area contributed by atoms with Crippen LogP contribution >= 0.6 is 0 Å². The second kappa shape index (κ2) is 6.28. The van der Waals surface area contributed by atoms with Crippen LogP contribution in [0.15, 0.2) is 61.3 Å². The average molecular weight is 318 g/mol. The quantitative estimate of drug-likeness (QED) is 0.807. The summed E-state index contributed by atoms with van der Waals surface area (Å²) in [5.41, 5.74) is 3.14. The third-order valence-electron chi connectivity index (χ3n) is 4.45. The lowest BCUT2D eigenvalue weighted by molar-refractivity contribution is 0.0932. The second-order valence-electron chi connectivity index (χ2n) is 5.99. The molecule has 1 atom stereocenters. The fraction of sp³-hybridized carbons (Fsp3) is 0.211. The van der Waals surface area contributed by atoms with Gasteiger partial charge in [-0.2, -0.15) is 0 Å². The summed E-state index contributed by atoms with van der Waals surface area (Å²) < 4.78 is 1.80. The molecule has 1 unspecified atom stereocenters. The summed E-state index contributed by atoms with van der Waals surface area (Å²) in [5, 5.41) is 3.15. The van der Waals surface area contributed by atoms with Crippen molar-refractivity contribution in [2.45, 2.75) is 25.3 Å². The Morgan fingerprint density at radius 1 is 1.21 bits per heavy atom. The summed E-state index contributed by atoms with van der Waals surface area (Å²) in [6.45, 7) is 0. The lowest BCUT2D eigenvalue weighted by Gasteiger charge is -2.26. The number of nitrogens with one attached hydrogen (secondary N) is 1. The molecule has 1 N–H and O–H groups in total. The molecule has 0 saturated carbocycles. The molecule has 1 aliphatic rings. The average Bonchev–Trinajstić information content (AvgIpc) is 3.17. The number of aromatic nitrogens is 3. The minimum atomic E-state index is -0.0821. The molecule has 3 aromatic rings. The Kier molecular flexibility index (Phi) is 3.83. The molecular weight excluding hydrogens is 300 g/mol. The molecule has 1 aliphatic carbocycles. The van der Waals surface area contributed by atoms with Crippen molar-refractivity contribution in [1.82, 2.24) is 19.9 Å². The lowest BCUT2D eigenvalue weighted by atomic mass is 9.87. The maximum Gasteiger partial charge on any atom is 0.253 e. The third kappa shape index (κ3) is 2.80. The number of carbonyl (C=O) groups is 1. The van der Waals surface area contributed by atoms with Gasteiger partial charge in [0.1, 0.15) is 12.1 Å². The van der Waals surface area contributed by atoms with Crippen molar-refractivity contribution in [2.75, 3.05) is 0 Å². The van der Waals surface area contributed by atoms with E-state index in [0.717, 1.165) is 25.1 Å². The van der Waals surface area contributed by atoms with Gasteiger partial charge in [0.2, 0.25) is 0 Å². The number of hydrogen-bond donors (Lipinski definition) is 1. The summed E-state index contributed by atoms with van der Waals surface area (Å²) in [6.07, 6.45) is 9.97. The van der Waals surface area contributed by atoms with Crippen LogP contribution in [0.3, 0.4) is 0 Å². The molecule has 0 radical (unpaired) electrons. The van der Waals surface area contributed by atoms with Gasteiger partial charge in [0.15, 0.2) is 0 Å². The molecule has 0 spiro atoms. The number of benzene rings is 1. The van der Waals surface area contributed by atoms with E-state index in [0.29, 0.717) is 5.56 Å². The second-order valence-corrected chi connectivity index (χ2v) is 5.99. The standard InChI is InChI=1S/C19H18N4O/c24-19(15-8-9-18(21-12-15)23-11-10-20-13-23)22-17-7-3-5-14-4-1-2-6-16(14)17/h1-2,4,6,8-13,17H,3,5,7H2,(H,22,24). The summed E-state index contributed by atoms with van der Waals surface area (Å²) >= 11 is 0. The number of fused-ring (bicyclic) bond motifs is 1. The molecule has 5 heteroatoms. The van der Waals surface area contributed by atoms with E-state index in [2.05, 4.69) is 33.5 Å². The summed E-state index contributed by atoms with van der Waals surface area (Å²) in [7, 11) is 0. The van der Waals surface area contributed by atoms with E-state index >= 15 is 0 Å². The Morgan fingerprint density at radius 3 is 2.92 bits per heavy atom. The van der Waals surface area contributed by atoms with E-state index in [9.17, 15) is 4.79 Å². The Morgan fingerprint density at radius 2 is 2.12 bits per heavy atom. The van der Waals surface area contributed by atoms with Crippen molar-refractivity contribution in [3.8, 4) is 5.82 Å². The van der Waals surface area contributed by atoms with Crippen molar-refractivity contribution in [3.05, 3.63) is 78.0 Å². The SMILES string of the molecule is O=C(NC1CCCc2ccccc21)c1ccc(-n2ccnc2)nc1. The van der Waals surface area contributed by atoms with Gasteiger partial charge in [0.25, 0.3) is 5.91 Å². The molecule has 5 nitrogen and oxygen atoms in total. The summed E-state index contributed by atoms with van der Waals surface area (Å²) in [5.74, 6) is 0.661. The first-order valence-corrected chi connectivity index (χ1v) is 8.14. The zero-order chi connectivity index (χ0) is 16.4. The summed E-state index contributed by atoms with van der Waals surface area (Å²) in [6, 6.07) is 12.1. The van der Waals surface area contributed by atoms with Crippen molar-refractivity contribution >= 4 is 5.91 Å². The highest BCUT2D eigenvalue weighted by molar-refractivity contribution is 5.94. The minimum Gasteiger partial charge on any atom is -0.345 e. The first-order valence-electron chi connectivity index (χ1n) is 8.14. The van der Waals surface area contributed by atoms with E-state index < -0.39 is 0 Å². The molecule has 0 saturated heterocycles.